The van der Waals surface area contributed by atoms with Crippen LogP contribution in [0, 0.1) is 5.92 Å². The van der Waals surface area contributed by atoms with Crippen molar-refractivity contribution in [2.24, 2.45) is 5.92 Å². The van der Waals surface area contributed by atoms with E-state index in [1.807, 2.05) is 29.0 Å². The van der Waals surface area contributed by atoms with E-state index >= 15 is 0 Å². The average Bonchev–Trinajstić information content (AvgIpc) is 3.22. The first-order valence-corrected chi connectivity index (χ1v) is 15.4. The molecule has 0 saturated heterocycles. The predicted molar refractivity (Wildman–Crippen MR) is 135 cm³/mol. The fraction of sp³-hybridized carbons (Fsp3) is 0.400. The van der Waals surface area contributed by atoms with Gasteiger partial charge in [-0.25, -0.2) is 14.4 Å². The molecule has 1 aromatic carbocycles. The van der Waals surface area contributed by atoms with E-state index < -0.39 is 20.2 Å². The monoisotopic (exact) mass is 496 g/mol. The van der Waals surface area contributed by atoms with Crippen LogP contribution in [0.2, 0.25) is 25.7 Å². The molecule has 1 saturated carbocycles. The molecular weight excluding hydrogens is 467 g/mol. The number of aromatic nitrogens is 3. The topological polar surface area (TPSA) is 91.4 Å². The maximum atomic E-state index is 13.3. The molecule has 184 valence electrons. The minimum Gasteiger partial charge on any atom is -0.496 e. The van der Waals surface area contributed by atoms with Crippen LogP contribution in [0.1, 0.15) is 6.42 Å². The number of alkyl halides is 1. The molecule has 3 heterocycles. The van der Waals surface area contributed by atoms with Gasteiger partial charge in [0, 0.05) is 43.5 Å². The quantitative estimate of drug-likeness (QED) is 0.244. The van der Waals surface area contributed by atoms with Crippen molar-refractivity contribution in [3.8, 4) is 16.9 Å². The van der Waals surface area contributed by atoms with Crippen LogP contribution in [0.3, 0.4) is 0 Å². The number of rotatable bonds is 9. The third kappa shape index (κ3) is 4.94. The molecular formula is C25H29FN4O4Si. The Balaban J connectivity index is 1.53. The average molecular weight is 497 g/mol. The standard InChI is InChI=1S/C25H29FN4O4Si/c1-32-21-11-22-20(27-13-34-22)10-16(21)18-12-30(14-33-7-8-35(2,3)4)24-15(18)5-6-23(28-24)29-25(31)17-9-19(17)26/h5-6,10-13,17,19H,7-9,14H2,1-4H3,(H,28,29,31)/t17-,19+/m1/s1. The number of hydrogen-bond acceptors (Lipinski definition) is 6. The predicted octanol–water partition coefficient (Wildman–Crippen LogP) is 5.46. The van der Waals surface area contributed by atoms with Gasteiger partial charge in [0.25, 0.3) is 0 Å². The minimum atomic E-state index is -1.23. The van der Waals surface area contributed by atoms with Crippen molar-refractivity contribution in [2.75, 3.05) is 19.0 Å². The summed E-state index contributed by atoms with van der Waals surface area (Å²) >= 11 is 0. The molecule has 0 spiro atoms. The van der Waals surface area contributed by atoms with Crippen molar-refractivity contribution in [2.45, 2.75) is 45.0 Å². The van der Waals surface area contributed by atoms with Gasteiger partial charge in [0.1, 0.15) is 35.6 Å². The Bertz CT molecular complexity index is 1390. The van der Waals surface area contributed by atoms with E-state index in [9.17, 15) is 9.18 Å². The lowest BCUT2D eigenvalue weighted by Gasteiger charge is -2.15. The van der Waals surface area contributed by atoms with Gasteiger partial charge in [-0.1, -0.05) is 19.6 Å². The highest BCUT2D eigenvalue weighted by Crippen LogP contribution is 2.39. The third-order valence-corrected chi connectivity index (χ3v) is 7.90. The molecule has 2 atom stereocenters. The lowest BCUT2D eigenvalue weighted by Crippen LogP contribution is -2.22. The van der Waals surface area contributed by atoms with E-state index in [0.29, 0.717) is 36.1 Å². The maximum absolute atomic E-state index is 13.3. The molecule has 1 aliphatic rings. The maximum Gasteiger partial charge on any atom is 0.231 e. The minimum absolute atomic E-state index is 0.268. The summed E-state index contributed by atoms with van der Waals surface area (Å²) in [6.07, 6.45) is 2.58. The number of carbonyl (C=O) groups excluding carboxylic acids is 1. The number of amides is 1. The highest BCUT2D eigenvalue weighted by molar-refractivity contribution is 6.76. The van der Waals surface area contributed by atoms with Gasteiger partial charge in [-0.2, -0.15) is 0 Å². The van der Waals surface area contributed by atoms with Crippen LogP contribution in [0.15, 0.2) is 41.3 Å². The van der Waals surface area contributed by atoms with Crippen LogP contribution in [0.4, 0.5) is 10.2 Å². The second-order valence-electron chi connectivity index (χ2n) is 10.1. The van der Waals surface area contributed by atoms with Crippen molar-refractivity contribution in [1.82, 2.24) is 14.5 Å². The van der Waals surface area contributed by atoms with Crippen LogP contribution < -0.4 is 10.1 Å². The highest BCUT2D eigenvalue weighted by atomic mass is 28.3. The number of anilines is 1. The van der Waals surface area contributed by atoms with E-state index in [0.717, 1.165) is 28.1 Å². The van der Waals surface area contributed by atoms with Crippen LogP contribution >= 0.6 is 0 Å². The van der Waals surface area contributed by atoms with Crippen LogP contribution in [0.5, 0.6) is 5.75 Å². The summed E-state index contributed by atoms with van der Waals surface area (Å²) in [5.41, 5.74) is 3.75. The Morgan fingerprint density at radius 3 is 2.80 bits per heavy atom. The van der Waals surface area contributed by atoms with Gasteiger partial charge < -0.3 is 23.8 Å². The van der Waals surface area contributed by atoms with E-state index in [2.05, 4.69) is 29.9 Å². The largest absolute Gasteiger partial charge is 0.496 e. The Morgan fingerprint density at radius 1 is 1.29 bits per heavy atom. The molecule has 8 nitrogen and oxygen atoms in total. The molecule has 1 fully saturated rings. The summed E-state index contributed by atoms with van der Waals surface area (Å²) in [6, 6.07) is 8.43. The van der Waals surface area contributed by atoms with Crippen molar-refractivity contribution in [3.05, 3.63) is 36.9 Å². The summed E-state index contributed by atoms with van der Waals surface area (Å²) in [7, 11) is 0.386. The lowest BCUT2D eigenvalue weighted by atomic mass is 10.0. The number of halogens is 1. The second-order valence-corrected chi connectivity index (χ2v) is 15.8. The molecule has 0 radical (unpaired) electrons. The van der Waals surface area contributed by atoms with Gasteiger partial charge in [0.05, 0.1) is 13.0 Å². The van der Waals surface area contributed by atoms with Gasteiger partial charge in [-0.3, -0.25) is 4.79 Å². The molecule has 1 amide bonds. The zero-order chi connectivity index (χ0) is 24.7. The molecule has 5 rings (SSSR count). The first-order chi connectivity index (χ1) is 16.7. The van der Waals surface area contributed by atoms with E-state index in [4.69, 9.17) is 18.9 Å². The van der Waals surface area contributed by atoms with Gasteiger partial charge >= 0.3 is 0 Å². The van der Waals surface area contributed by atoms with Gasteiger partial charge in [0.2, 0.25) is 5.91 Å². The first-order valence-electron chi connectivity index (χ1n) is 11.7. The normalized spacial score (nSPS) is 17.7. The third-order valence-electron chi connectivity index (χ3n) is 6.19. The number of nitrogens with zero attached hydrogens (tertiary/aromatic N) is 3. The number of benzene rings is 1. The smallest absolute Gasteiger partial charge is 0.231 e. The number of nitrogens with one attached hydrogen (secondary N) is 1. The molecule has 0 unspecified atom stereocenters. The van der Waals surface area contributed by atoms with E-state index in [1.165, 1.54) is 6.39 Å². The van der Waals surface area contributed by atoms with Crippen LogP contribution in [-0.2, 0) is 16.3 Å². The second kappa shape index (κ2) is 9.08. The summed E-state index contributed by atoms with van der Waals surface area (Å²) in [5, 5.41) is 3.62. The molecule has 3 aromatic heterocycles. The number of carbonyl (C=O) groups is 1. The van der Waals surface area contributed by atoms with Crippen molar-refractivity contribution >= 4 is 41.9 Å². The molecule has 35 heavy (non-hydrogen) atoms. The molecule has 4 aromatic rings. The number of fused-ring (bicyclic) bond motifs is 2. The number of pyridine rings is 1. The zero-order valence-corrected chi connectivity index (χ0v) is 21.3. The van der Waals surface area contributed by atoms with Crippen molar-refractivity contribution in [1.29, 1.82) is 0 Å². The summed E-state index contributed by atoms with van der Waals surface area (Å²) < 4.78 is 32.3. The Hall–Kier alpha value is -3.24. The van der Waals surface area contributed by atoms with E-state index in [-0.39, 0.29) is 12.3 Å². The molecule has 1 aliphatic carbocycles. The number of methoxy groups -OCH3 is 1. The van der Waals surface area contributed by atoms with Crippen LogP contribution in [-0.4, -0.2) is 48.4 Å². The van der Waals surface area contributed by atoms with Gasteiger partial charge in [-0.15, -0.1) is 0 Å². The van der Waals surface area contributed by atoms with Crippen LogP contribution in [0.25, 0.3) is 33.3 Å². The van der Waals surface area contributed by atoms with Crippen molar-refractivity contribution in [3.63, 3.8) is 0 Å². The molecule has 0 bridgehead atoms. The summed E-state index contributed by atoms with van der Waals surface area (Å²) in [6.45, 7) is 7.91. The summed E-state index contributed by atoms with van der Waals surface area (Å²) in [5.74, 6) is 0.104. The van der Waals surface area contributed by atoms with Gasteiger partial charge in [0.15, 0.2) is 12.0 Å². The molecule has 1 N–H and O–H groups in total. The fourth-order valence-corrected chi connectivity index (χ4v) is 4.76. The lowest BCUT2D eigenvalue weighted by molar-refractivity contribution is -0.117. The number of ether oxygens (including phenoxy) is 2. The molecule has 0 aliphatic heterocycles. The molecule has 10 heteroatoms. The Kier molecular flexibility index (Phi) is 6.10. The SMILES string of the molecule is COc1cc2ocnc2cc1-c1cn(COCC[Si](C)(C)C)c2nc(NC(=O)[C@@H]3C[C@@H]3F)ccc12. The van der Waals surface area contributed by atoms with Gasteiger partial charge in [-0.05, 0) is 30.7 Å². The zero-order valence-electron chi connectivity index (χ0n) is 20.3. The summed E-state index contributed by atoms with van der Waals surface area (Å²) in [4.78, 5) is 21.2. The number of hydrogen-bond donors (Lipinski definition) is 1. The van der Waals surface area contributed by atoms with E-state index in [1.54, 1.807) is 13.2 Å². The Morgan fingerprint density at radius 2 is 2.09 bits per heavy atom. The van der Waals surface area contributed by atoms with Crippen molar-refractivity contribution < 1.29 is 23.1 Å². The Labute approximate surface area is 203 Å². The first kappa shape index (κ1) is 23.5. The highest BCUT2D eigenvalue weighted by Gasteiger charge is 2.43. The fourth-order valence-electron chi connectivity index (χ4n) is 4.01. The number of oxazole rings is 1.